The zero-order valence-electron chi connectivity index (χ0n) is 9.83. The minimum Gasteiger partial charge on any atom is -0.302 e. The molecule has 2 unspecified atom stereocenters. The van der Waals surface area contributed by atoms with Gasteiger partial charge in [0.2, 0.25) is 0 Å². The molecule has 0 bridgehead atoms. The van der Waals surface area contributed by atoms with Gasteiger partial charge in [-0.15, -0.1) is 11.6 Å². The number of piperidine rings is 1. The maximum Gasteiger partial charge on any atom is 0.0235 e. The average Bonchev–Trinajstić information content (AvgIpc) is 2.91. The Morgan fingerprint density at radius 3 is 2.82 bits per heavy atom. The van der Waals surface area contributed by atoms with Crippen molar-refractivity contribution in [2.45, 2.75) is 18.3 Å². The van der Waals surface area contributed by atoms with Gasteiger partial charge in [-0.3, -0.25) is 0 Å². The normalized spacial score (nSPS) is 31.5. The molecule has 3 rings (SSSR count). The summed E-state index contributed by atoms with van der Waals surface area (Å²) in [5.74, 6) is 1.67. The van der Waals surface area contributed by atoms with Crippen LogP contribution in [0.4, 0.5) is 0 Å². The molecule has 0 spiro atoms. The summed E-state index contributed by atoms with van der Waals surface area (Å²) < 4.78 is 1.17. The molecular weight excluding hydrogens is 298 g/mol. The van der Waals surface area contributed by atoms with E-state index < -0.39 is 0 Å². The van der Waals surface area contributed by atoms with Crippen molar-refractivity contribution in [2.75, 3.05) is 25.5 Å². The lowest BCUT2D eigenvalue weighted by atomic mass is 9.95. The van der Waals surface area contributed by atoms with E-state index in [0.29, 0.717) is 5.41 Å². The van der Waals surface area contributed by atoms with E-state index in [9.17, 15) is 0 Å². The number of rotatable bonds is 4. The van der Waals surface area contributed by atoms with Gasteiger partial charge < -0.3 is 4.90 Å². The number of alkyl halides is 1. The lowest BCUT2D eigenvalue weighted by Gasteiger charge is -2.20. The predicted octanol–water partition coefficient (Wildman–Crippen LogP) is 3.65. The first-order valence-corrected chi connectivity index (χ1v) is 7.62. The third kappa shape index (κ3) is 2.16. The fourth-order valence-electron chi connectivity index (χ4n) is 3.27. The minimum absolute atomic E-state index is 0.479. The third-order valence-electron chi connectivity index (χ3n) is 4.24. The van der Waals surface area contributed by atoms with E-state index >= 15 is 0 Å². The first kappa shape index (κ1) is 12.0. The molecule has 0 amide bonds. The summed E-state index contributed by atoms with van der Waals surface area (Å²) >= 11 is 9.27. The van der Waals surface area contributed by atoms with Crippen molar-refractivity contribution < 1.29 is 0 Å². The van der Waals surface area contributed by atoms with Gasteiger partial charge in [0.05, 0.1) is 0 Å². The van der Waals surface area contributed by atoms with Crippen LogP contribution in [-0.2, 0) is 5.41 Å². The maximum atomic E-state index is 5.76. The van der Waals surface area contributed by atoms with E-state index in [1.54, 1.807) is 0 Å². The Morgan fingerprint density at radius 2 is 2.12 bits per heavy atom. The highest BCUT2D eigenvalue weighted by Gasteiger charge is 2.60. The van der Waals surface area contributed by atoms with E-state index in [0.717, 1.165) is 24.8 Å². The topological polar surface area (TPSA) is 3.24 Å². The van der Waals surface area contributed by atoms with E-state index in [2.05, 4.69) is 45.1 Å². The standard InChI is InChI=1S/C14H17BrClN/c15-13-4-2-11(3-5-13)14-8-12(14)9-17(10-14)7-1-6-16/h2-5,12H,1,6-10H2. The Morgan fingerprint density at radius 1 is 1.35 bits per heavy atom. The summed E-state index contributed by atoms with van der Waals surface area (Å²) in [6.45, 7) is 3.67. The Kier molecular flexibility index (Phi) is 3.22. The lowest BCUT2D eigenvalue weighted by Crippen LogP contribution is -2.27. The van der Waals surface area contributed by atoms with Gasteiger partial charge in [0.1, 0.15) is 0 Å². The zero-order valence-corrected chi connectivity index (χ0v) is 12.2. The average molecular weight is 315 g/mol. The van der Waals surface area contributed by atoms with Crippen molar-refractivity contribution >= 4 is 27.5 Å². The van der Waals surface area contributed by atoms with Crippen LogP contribution in [0.3, 0.4) is 0 Å². The molecule has 0 radical (unpaired) electrons. The predicted molar refractivity (Wildman–Crippen MR) is 75.7 cm³/mol. The number of halogens is 2. The molecule has 1 aromatic rings. The summed E-state index contributed by atoms with van der Waals surface area (Å²) in [4.78, 5) is 2.58. The highest BCUT2D eigenvalue weighted by atomic mass is 79.9. The Balaban J connectivity index is 1.71. The van der Waals surface area contributed by atoms with E-state index in [-0.39, 0.29) is 0 Å². The molecule has 2 atom stereocenters. The number of hydrogen-bond donors (Lipinski definition) is 0. The lowest BCUT2D eigenvalue weighted by molar-refractivity contribution is 0.299. The first-order valence-electron chi connectivity index (χ1n) is 6.29. The second kappa shape index (κ2) is 4.56. The second-order valence-corrected chi connectivity index (χ2v) is 6.64. The quantitative estimate of drug-likeness (QED) is 0.767. The highest BCUT2D eigenvalue weighted by Crippen LogP contribution is 2.58. The summed E-state index contributed by atoms with van der Waals surface area (Å²) in [6, 6.07) is 8.91. The minimum atomic E-state index is 0.479. The van der Waals surface area contributed by atoms with Crippen LogP contribution in [0.1, 0.15) is 18.4 Å². The molecule has 1 aromatic carbocycles. The van der Waals surface area contributed by atoms with Crippen molar-refractivity contribution in [3.8, 4) is 0 Å². The monoisotopic (exact) mass is 313 g/mol. The summed E-state index contributed by atoms with van der Waals surface area (Å²) in [7, 11) is 0. The highest BCUT2D eigenvalue weighted by molar-refractivity contribution is 9.10. The molecule has 1 heterocycles. The van der Waals surface area contributed by atoms with E-state index in [1.165, 1.54) is 29.5 Å². The number of benzene rings is 1. The molecule has 1 saturated heterocycles. The van der Waals surface area contributed by atoms with Gasteiger partial charge in [-0.25, -0.2) is 0 Å². The summed E-state index contributed by atoms with van der Waals surface area (Å²) in [5, 5.41) is 0. The van der Waals surface area contributed by atoms with Crippen LogP contribution >= 0.6 is 27.5 Å². The fourth-order valence-corrected chi connectivity index (χ4v) is 3.65. The fraction of sp³-hybridized carbons (Fsp3) is 0.571. The number of fused-ring (bicyclic) bond motifs is 1. The molecule has 0 N–H and O–H groups in total. The molecule has 1 saturated carbocycles. The molecule has 1 aliphatic carbocycles. The van der Waals surface area contributed by atoms with Crippen molar-refractivity contribution in [1.82, 2.24) is 4.90 Å². The smallest absolute Gasteiger partial charge is 0.0235 e. The molecule has 1 aliphatic heterocycles. The van der Waals surface area contributed by atoms with Crippen LogP contribution in [0, 0.1) is 5.92 Å². The molecule has 92 valence electrons. The number of hydrogen-bond acceptors (Lipinski definition) is 1. The van der Waals surface area contributed by atoms with Gasteiger partial charge in [0, 0.05) is 28.9 Å². The van der Waals surface area contributed by atoms with Gasteiger partial charge in [0.25, 0.3) is 0 Å². The Hall–Kier alpha value is -0.0500. The van der Waals surface area contributed by atoms with Gasteiger partial charge in [-0.2, -0.15) is 0 Å². The van der Waals surface area contributed by atoms with Crippen LogP contribution in [0.5, 0.6) is 0 Å². The summed E-state index contributed by atoms with van der Waals surface area (Å²) in [5.41, 5.74) is 2.01. The number of likely N-dealkylation sites (tertiary alicyclic amines) is 1. The molecular formula is C14H17BrClN. The SMILES string of the molecule is ClCCCN1CC2CC2(c2ccc(Br)cc2)C1. The molecule has 2 fully saturated rings. The van der Waals surface area contributed by atoms with Crippen LogP contribution < -0.4 is 0 Å². The van der Waals surface area contributed by atoms with Crippen molar-refractivity contribution in [3.05, 3.63) is 34.3 Å². The van der Waals surface area contributed by atoms with Crippen molar-refractivity contribution in [2.24, 2.45) is 5.92 Å². The van der Waals surface area contributed by atoms with Crippen LogP contribution in [-0.4, -0.2) is 30.4 Å². The third-order valence-corrected chi connectivity index (χ3v) is 5.04. The van der Waals surface area contributed by atoms with Crippen LogP contribution in [0.2, 0.25) is 0 Å². The maximum absolute atomic E-state index is 5.76. The van der Waals surface area contributed by atoms with Crippen molar-refractivity contribution in [1.29, 1.82) is 0 Å². The first-order chi connectivity index (χ1) is 8.24. The molecule has 17 heavy (non-hydrogen) atoms. The van der Waals surface area contributed by atoms with E-state index in [4.69, 9.17) is 11.6 Å². The molecule has 1 nitrogen and oxygen atoms in total. The van der Waals surface area contributed by atoms with Gasteiger partial charge >= 0.3 is 0 Å². The Bertz CT molecular complexity index is 405. The number of nitrogens with zero attached hydrogens (tertiary/aromatic N) is 1. The van der Waals surface area contributed by atoms with Gasteiger partial charge in [-0.05, 0) is 43.0 Å². The van der Waals surface area contributed by atoms with E-state index in [1.807, 2.05) is 0 Å². The van der Waals surface area contributed by atoms with Crippen LogP contribution in [0.25, 0.3) is 0 Å². The molecule has 0 aromatic heterocycles. The van der Waals surface area contributed by atoms with Crippen LogP contribution in [0.15, 0.2) is 28.7 Å². The van der Waals surface area contributed by atoms with Gasteiger partial charge in [-0.1, -0.05) is 28.1 Å². The molecule has 3 heteroatoms. The second-order valence-electron chi connectivity index (χ2n) is 5.34. The molecule has 2 aliphatic rings. The summed E-state index contributed by atoms with van der Waals surface area (Å²) in [6.07, 6.45) is 2.50. The van der Waals surface area contributed by atoms with Gasteiger partial charge in [0.15, 0.2) is 0 Å². The van der Waals surface area contributed by atoms with Crippen molar-refractivity contribution in [3.63, 3.8) is 0 Å². The Labute approximate surface area is 116 Å². The zero-order chi connectivity index (χ0) is 11.9. The largest absolute Gasteiger partial charge is 0.302 e.